The van der Waals surface area contributed by atoms with Gasteiger partial charge in [-0.05, 0) is 48.7 Å². The summed E-state index contributed by atoms with van der Waals surface area (Å²) in [6.45, 7) is 2.24. The van der Waals surface area contributed by atoms with E-state index in [-0.39, 0.29) is 24.8 Å². The molecule has 0 bridgehead atoms. The lowest BCUT2D eigenvalue weighted by molar-refractivity contribution is -0.116. The van der Waals surface area contributed by atoms with E-state index in [1.165, 1.54) is 22.5 Å². The Kier molecular flexibility index (Phi) is 5.79. The van der Waals surface area contributed by atoms with E-state index in [4.69, 9.17) is 9.47 Å². The minimum Gasteiger partial charge on any atom is -0.454 e. The fourth-order valence-corrected chi connectivity index (χ4v) is 3.25. The highest BCUT2D eigenvalue weighted by Crippen LogP contribution is 2.35. The maximum Gasteiger partial charge on any atom is 0.254 e. The lowest BCUT2D eigenvalue weighted by atomic mass is 10.1. The minimum absolute atomic E-state index is 0.106. The van der Waals surface area contributed by atoms with Gasteiger partial charge in [0.25, 0.3) is 5.56 Å². The molecule has 1 aliphatic rings. The summed E-state index contributed by atoms with van der Waals surface area (Å²) in [7, 11) is 0. The summed E-state index contributed by atoms with van der Waals surface area (Å²) in [6, 6.07) is 14.6. The van der Waals surface area contributed by atoms with Crippen LogP contribution in [0.3, 0.4) is 0 Å². The molecular formula is C23H23N3O4. The lowest BCUT2D eigenvalue weighted by Crippen LogP contribution is -2.27. The number of hydrogen-bond donors (Lipinski definition) is 1. The molecule has 3 aromatic rings. The van der Waals surface area contributed by atoms with Crippen molar-refractivity contribution in [3.8, 4) is 22.8 Å². The number of unbranched alkanes of at least 4 members (excludes halogenated alkanes) is 1. The van der Waals surface area contributed by atoms with Crippen LogP contribution in [0.25, 0.3) is 11.3 Å². The number of nitrogens with zero attached hydrogens (tertiary/aromatic N) is 2. The van der Waals surface area contributed by atoms with Crippen LogP contribution in [0.5, 0.6) is 11.5 Å². The van der Waals surface area contributed by atoms with Gasteiger partial charge in [0, 0.05) is 17.3 Å². The second-order valence-corrected chi connectivity index (χ2v) is 7.16. The third-order valence-electron chi connectivity index (χ3n) is 4.92. The Bertz CT molecular complexity index is 1110. The van der Waals surface area contributed by atoms with Crippen LogP contribution in [0.4, 0.5) is 5.69 Å². The van der Waals surface area contributed by atoms with Crippen LogP contribution >= 0.6 is 0 Å². The lowest BCUT2D eigenvalue weighted by Gasteiger charge is -2.09. The van der Waals surface area contributed by atoms with Crippen LogP contribution in [-0.2, 0) is 17.8 Å². The Morgan fingerprint density at radius 1 is 1.10 bits per heavy atom. The Morgan fingerprint density at radius 3 is 2.67 bits per heavy atom. The summed E-state index contributed by atoms with van der Waals surface area (Å²) in [5.74, 6) is 1.01. The number of carbonyl (C=O) groups excluding carboxylic acids is 1. The average Bonchev–Trinajstić information content (AvgIpc) is 3.22. The van der Waals surface area contributed by atoms with Gasteiger partial charge in [0.1, 0.15) is 6.54 Å². The fraction of sp³-hybridized carbons (Fsp3) is 0.261. The van der Waals surface area contributed by atoms with E-state index in [0.29, 0.717) is 22.9 Å². The van der Waals surface area contributed by atoms with Crippen molar-refractivity contribution >= 4 is 11.6 Å². The van der Waals surface area contributed by atoms with E-state index in [0.717, 1.165) is 24.8 Å². The number of nitrogens with one attached hydrogen (secondary N) is 1. The number of ether oxygens (including phenoxy) is 2. The highest BCUT2D eigenvalue weighted by Gasteiger charge is 2.15. The van der Waals surface area contributed by atoms with Crippen LogP contribution < -0.4 is 20.3 Å². The minimum atomic E-state index is -0.303. The Morgan fingerprint density at radius 2 is 1.90 bits per heavy atom. The quantitative estimate of drug-likeness (QED) is 0.649. The van der Waals surface area contributed by atoms with Crippen LogP contribution in [0, 0.1) is 0 Å². The first-order valence-electron chi connectivity index (χ1n) is 9.97. The smallest absolute Gasteiger partial charge is 0.254 e. The van der Waals surface area contributed by atoms with E-state index < -0.39 is 0 Å². The predicted octanol–water partition coefficient (Wildman–Crippen LogP) is 3.62. The zero-order valence-corrected chi connectivity index (χ0v) is 16.8. The molecule has 1 N–H and O–H groups in total. The number of carbonyl (C=O) groups is 1. The van der Waals surface area contributed by atoms with Gasteiger partial charge < -0.3 is 14.8 Å². The normalized spacial score (nSPS) is 12.0. The number of benzene rings is 2. The van der Waals surface area contributed by atoms with Gasteiger partial charge in [0.05, 0.1) is 12.0 Å². The number of hydrogen-bond acceptors (Lipinski definition) is 5. The van der Waals surface area contributed by atoms with E-state index >= 15 is 0 Å². The molecule has 0 aliphatic carbocycles. The van der Waals surface area contributed by atoms with Gasteiger partial charge in [0.15, 0.2) is 11.5 Å². The molecule has 7 heteroatoms. The molecule has 2 heterocycles. The molecule has 0 atom stereocenters. The number of fused-ring (bicyclic) bond motifs is 1. The molecule has 4 rings (SSSR count). The summed E-state index contributed by atoms with van der Waals surface area (Å²) in [4.78, 5) is 29.1. The van der Waals surface area contributed by atoms with Crippen LogP contribution in [0.1, 0.15) is 25.3 Å². The van der Waals surface area contributed by atoms with Gasteiger partial charge in [0.2, 0.25) is 12.7 Å². The Balaban J connectivity index is 1.41. The van der Waals surface area contributed by atoms with Gasteiger partial charge in [-0.25, -0.2) is 4.98 Å². The van der Waals surface area contributed by atoms with Gasteiger partial charge in [-0.3, -0.25) is 14.2 Å². The van der Waals surface area contributed by atoms with E-state index in [1.807, 2.05) is 30.3 Å². The van der Waals surface area contributed by atoms with Crippen molar-refractivity contribution in [1.82, 2.24) is 9.55 Å². The zero-order valence-electron chi connectivity index (χ0n) is 16.8. The highest BCUT2D eigenvalue weighted by molar-refractivity contribution is 5.90. The molecular weight excluding hydrogens is 382 g/mol. The van der Waals surface area contributed by atoms with Crippen molar-refractivity contribution in [2.24, 2.45) is 0 Å². The third-order valence-corrected chi connectivity index (χ3v) is 4.92. The summed E-state index contributed by atoms with van der Waals surface area (Å²) in [6.07, 6.45) is 4.70. The molecule has 0 unspecified atom stereocenters. The molecule has 2 aromatic carbocycles. The van der Waals surface area contributed by atoms with Crippen LogP contribution in [-0.4, -0.2) is 22.3 Å². The number of aromatic nitrogens is 2. The van der Waals surface area contributed by atoms with Gasteiger partial charge >= 0.3 is 0 Å². The predicted molar refractivity (Wildman–Crippen MR) is 114 cm³/mol. The molecule has 7 nitrogen and oxygen atoms in total. The zero-order chi connectivity index (χ0) is 20.9. The second kappa shape index (κ2) is 8.82. The maximum absolute atomic E-state index is 12.5. The van der Waals surface area contributed by atoms with Gasteiger partial charge in [-0.1, -0.05) is 25.5 Å². The number of anilines is 1. The first-order valence-corrected chi connectivity index (χ1v) is 9.97. The molecule has 1 aliphatic heterocycles. The molecule has 0 fully saturated rings. The van der Waals surface area contributed by atoms with Crippen molar-refractivity contribution < 1.29 is 14.3 Å². The third kappa shape index (κ3) is 4.51. The number of aryl methyl sites for hydroxylation is 1. The molecule has 30 heavy (non-hydrogen) atoms. The molecule has 0 saturated heterocycles. The molecule has 1 amide bonds. The van der Waals surface area contributed by atoms with E-state index in [1.54, 1.807) is 12.1 Å². The Hall–Kier alpha value is -3.61. The van der Waals surface area contributed by atoms with Crippen LogP contribution in [0.15, 0.2) is 59.7 Å². The first kappa shape index (κ1) is 19.7. The molecule has 0 spiro atoms. The fourth-order valence-electron chi connectivity index (χ4n) is 3.25. The van der Waals surface area contributed by atoms with Crippen molar-refractivity contribution in [3.63, 3.8) is 0 Å². The molecule has 0 saturated carbocycles. The van der Waals surface area contributed by atoms with Crippen molar-refractivity contribution in [2.45, 2.75) is 32.7 Å². The second-order valence-electron chi connectivity index (χ2n) is 7.16. The SMILES string of the molecule is CCCCc1ccc(NC(=O)Cn2cnc(-c3ccc4c(c3)OCO4)cc2=O)cc1. The number of rotatable bonds is 7. The average molecular weight is 405 g/mol. The molecule has 0 radical (unpaired) electrons. The van der Waals surface area contributed by atoms with Crippen molar-refractivity contribution in [3.05, 3.63) is 70.8 Å². The first-order chi connectivity index (χ1) is 14.6. The summed E-state index contributed by atoms with van der Waals surface area (Å²) >= 11 is 0. The van der Waals surface area contributed by atoms with Crippen LogP contribution in [0.2, 0.25) is 0 Å². The van der Waals surface area contributed by atoms with Gasteiger partial charge in [-0.15, -0.1) is 0 Å². The largest absolute Gasteiger partial charge is 0.454 e. The molecule has 154 valence electrons. The summed E-state index contributed by atoms with van der Waals surface area (Å²) in [5, 5.41) is 2.82. The summed E-state index contributed by atoms with van der Waals surface area (Å²) < 4.78 is 11.9. The maximum atomic E-state index is 12.5. The number of amides is 1. The standard InChI is InChI=1S/C23H23N3O4/c1-2-3-4-16-5-8-18(9-6-16)25-22(27)13-26-14-24-19(12-23(26)28)17-7-10-20-21(11-17)30-15-29-20/h5-12,14H,2-4,13,15H2,1H3,(H,25,27). The van der Waals surface area contributed by atoms with E-state index in [2.05, 4.69) is 17.2 Å². The van der Waals surface area contributed by atoms with Gasteiger partial charge in [-0.2, -0.15) is 0 Å². The van der Waals surface area contributed by atoms with E-state index in [9.17, 15) is 9.59 Å². The Labute approximate surface area is 174 Å². The summed E-state index contributed by atoms with van der Waals surface area (Å²) in [5.41, 5.74) is 2.91. The highest BCUT2D eigenvalue weighted by atomic mass is 16.7. The van der Waals surface area contributed by atoms with Crippen molar-refractivity contribution in [2.75, 3.05) is 12.1 Å². The topological polar surface area (TPSA) is 82.5 Å². The molecule has 1 aromatic heterocycles. The monoisotopic (exact) mass is 405 g/mol. The van der Waals surface area contributed by atoms with Crippen molar-refractivity contribution in [1.29, 1.82) is 0 Å².